The largest absolute Gasteiger partial charge is 0.381 e. The monoisotopic (exact) mass is 314 g/mol. The van der Waals surface area contributed by atoms with Crippen molar-refractivity contribution in [3.05, 3.63) is 0 Å². The molecule has 0 aliphatic carbocycles. The Morgan fingerprint density at radius 3 is 1.86 bits per heavy atom. The first kappa shape index (κ1) is 20.2. The number of ether oxygens (including phenoxy) is 1. The third kappa shape index (κ3) is 12.0. The minimum Gasteiger partial charge on any atom is -0.381 e. The molecule has 7 heteroatoms. The van der Waals surface area contributed by atoms with Crippen molar-refractivity contribution in [2.24, 2.45) is 0 Å². The Balaban J connectivity index is 3.69. The second kappa shape index (κ2) is 12.9. The van der Waals surface area contributed by atoms with Crippen LogP contribution in [0.1, 0.15) is 46.0 Å². The number of nitrogens with one attached hydrogen (secondary N) is 2. The summed E-state index contributed by atoms with van der Waals surface area (Å²) in [6, 6.07) is 0. The van der Waals surface area contributed by atoms with Gasteiger partial charge in [0.05, 0.1) is 19.7 Å². The van der Waals surface area contributed by atoms with Crippen molar-refractivity contribution in [3.63, 3.8) is 0 Å². The smallest absolute Gasteiger partial charge is 0.222 e. The molecule has 0 unspecified atom stereocenters. The van der Waals surface area contributed by atoms with Crippen LogP contribution in [0.3, 0.4) is 0 Å². The van der Waals surface area contributed by atoms with Gasteiger partial charge in [-0.25, -0.2) is 0 Å². The molecule has 0 saturated heterocycles. The second-order valence-electron chi connectivity index (χ2n) is 4.83. The first-order chi connectivity index (χ1) is 10.5. The number of amides is 2. The topological polar surface area (TPSA) is 102 Å². The fourth-order valence-electron chi connectivity index (χ4n) is 1.59. The van der Waals surface area contributed by atoms with Crippen LogP contribution in [0.15, 0.2) is 0 Å². The fourth-order valence-corrected chi connectivity index (χ4v) is 1.59. The lowest BCUT2D eigenvalue weighted by Gasteiger charge is -2.06. The summed E-state index contributed by atoms with van der Waals surface area (Å²) in [5, 5.41) is 4.95. The second-order valence-corrected chi connectivity index (χ2v) is 4.83. The van der Waals surface area contributed by atoms with Crippen LogP contribution in [0.4, 0.5) is 0 Å². The van der Waals surface area contributed by atoms with E-state index in [-0.39, 0.29) is 55.7 Å². The predicted octanol–water partition coefficient (Wildman–Crippen LogP) is 0.364. The molecule has 126 valence electrons. The summed E-state index contributed by atoms with van der Waals surface area (Å²) < 4.78 is 5.03. The lowest BCUT2D eigenvalue weighted by Crippen LogP contribution is -2.32. The normalized spacial score (nSPS) is 10.1. The highest BCUT2D eigenvalue weighted by Crippen LogP contribution is 1.93. The molecule has 2 N–H and O–H groups in total. The molecule has 2 amide bonds. The van der Waals surface area contributed by atoms with E-state index in [1.165, 1.54) is 0 Å². The number of Topliss-reactive ketones (excluding diaryl/α,β-unsaturated/α-hetero) is 2. The van der Waals surface area contributed by atoms with Gasteiger partial charge in [0, 0.05) is 32.3 Å². The Hall–Kier alpha value is -1.76. The van der Waals surface area contributed by atoms with Gasteiger partial charge in [0.2, 0.25) is 11.8 Å². The van der Waals surface area contributed by atoms with E-state index in [0.717, 1.165) is 6.42 Å². The Labute approximate surface area is 131 Å². The highest BCUT2D eigenvalue weighted by atomic mass is 16.5. The van der Waals surface area contributed by atoms with E-state index < -0.39 is 0 Å². The quantitative estimate of drug-likeness (QED) is 0.478. The van der Waals surface area contributed by atoms with Crippen molar-refractivity contribution < 1.29 is 23.9 Å². The third-order valence-corrected chi connectivity index (χ3v) is 2.80. The minimum absolute atomic E-state index is 0.00896. The molecule has 0 aromatic rings. The lowest BCUT2D eigenvalue weighted by atomic mass is 10.2. The van der Waals surface area contributed by atoms with Crippen LogP contribution in [-0.2, 0) is 23.9 Å². The van der Waals surface area contributed by atoms with Crippen LogP contribution < -0.4 is 10.6 Å². The van der Waals surface area contributed by atoms with Gasteiger partial charge in [-0.3, -0.25) is 19.2 Å². The molecular weight excluding hydrogens is 288 g/mol. The summed E-state index contributed by atoms with van der Waals surface area (Å²) in [4.78, 5) is 45.6. The SMILES string of the molecule is CCCC(=O)CNC(=O)CCC(=O)CNC(=O)CCOCC. The Bertz CT molecular complexity index is 382. The first-order valence-electron chi connectivity index (χ1n) is 7.64. The van der Waals surface area contributed by atoms with Gasteiger partial charge in [-0.1, -0.05) is 6.92 Å². The fraction of sp³-hybridized carbons (Fsp3) is 0.733. The molecule has 0 fully saturated rings. The first-order valence-corrected chi connectivity index (χ1v) is 7.64. The molecule has 0 heterocycles. The zero-order valence-electron chi connectivity index (χ0n) is 13.4. The number of carbonyl (C=O) groups excluding carboxylic acids is 4. The average Bonchev–Trinajstić information content (AvgIpc) is 2.49. The van der Waals surface area contributed by atoms with Crippen molar-refractivity contribution in [2.75, 3.05) is 26.3 Å². The van der Waals surface area contributed by atoms with Gasteiger partial charge in [-0.15, -0.1) is 0 Å². The van der Waals surface area contributed by atoms with Crippen LogP contribution in [0, 0.1) is 0 Å². The van der Waals surface area contributed by atoms with Crippen LogP contribution >= 0.6 is 0 Å². The number of rotatable bonds is 13. The number of hydrogen-bond acceptors (Lipinski definition) is 5. The molecule has 0 aromatic heterocycles. The van der Waals surface area contributed by atoms with Crippen molar-refractivity contribution in [1.29, 1.82) is 0 Å². The minimum atomic E-state index is -0.333. The predicted molar refractivity (Wildman–Crippen MR) is 81.3 cm³/mol. The molecular formula is C15H26N2O5. The Morgan fingerprint density at radius 2 is 1.32 bits per heavy atom. The van der Waals surface area contributed by atoms with Crippen molar-refractivity contribution in [2.45, 2.75) is 46.0 Å². The maximum absolute atomic E-state index is 11.5. The molecule has 7 nitrogen and oxygen atoms in total. The summed E-state index contributed by atoms with van der Waals surface area (Å²) in [6.07, 6.45) is 1.46. The Kier molecular flexibility index (Phi) is 11.9. The standard InChI is InChI=1S/C15H26N2O5/c1-3-5-12(18)10-16-14(20)7-6-13(19)11-17-15(21)8-9-22-4-2/h3-11H2,1-2H3,(H,16,20)(H,17,21). The molecule has 0 aromatic carbocycles. The van der Waals surface area contributed by atoms with Gasteiger partial charge in [0.15, 0.2) is 11.6 Å². The van der Waals surface area contributed by atoms with Gasteiger partial charge < -0.3 is 15.4 Å². The van der Waals surface area contributed by atoms with E-state index in [9.17, 15) is 19.2 Å². The van der Waals surface area contributed by atoms with E-state index in [4.69, 9.17) is 4.74 Å². The highest BCUT2D eigenvalue weighted by Gasteiger charge is 2.09. The van der Waals surface area contributed by atoms with Gasteiger partial charge in [-0.2, -0.15) is 0 Å². The van der Waals surface area contributed by atoms with Crippen molar-refractivity contribution >= 4 is 23.4 Å². The van der Waals surface area contributed by atoms with Crippen LogP contribution in [0.25, 0.3) is 0 Å². The molecule has 0 atom stereocenters. The van der Waals surface area contributed by atoms with Gasteiger partial charge in [-0.05, 0) is 13.3 Å². The summed E-state index contributed by atoms with van der Waals surface area (Å²) in [5.74, 6) is -0.833. The average molecular weight is 314 g/mol. The molecule has 0 saturated carbocycles. The molecule has 0 bridgehead atoms. The van der Waals surface area contributed by atoms with Crippen LogP contribution in [0.5, 0.6) is 0 Å². The summed E-state index contributed by atoms with van der Waals surface area (Å²) in [5.41, 5.74) is 0. The van der Waals surface area contributed by atoms with Crippen LogP contribution in [0.2, 0.25) is 0 Å². The van der Waals surface area contributed by atoms with E-state index in [2.05, 4.69) is 10.6 Å². The van der Waals surface area contributed by atoms with E-state index in [1.807, 2.05) is 13.8 Å². The molecule has 0 spiro atoms. The molecule has 22 heavy (non-hydrogen) atoms. The number of ketones is 2. The molecule has 0 rings (SSSR count). The number of hydrogen-bond donors (Lipinski definition) is 2. The third-order valence-electron chi connectivity index (χ3n) is 2.80. The maximum atomic E-state index is 11.5. The van der Waals surface area contributed by atoms with Gasteiger partial charge in [0.25, 0.3) is 0 Å². The highest BCUT2D eigenvalue weighted by molar-refractivity contribution is 5.90. The van der Waals surface area contributed by atoms with Crippen molar-refractivity contribution in [3.8, 4) is 0 Å². The molecule has 0 radical (unpaired) electrons. The number of carbonyl (C=O) groups is 4. The van der Waals surface area contributed by atoms with E-state index in [1.54, 1.807) is 0 Å². The molecule has 0 aliphatic rings. The summed E-state index contributed by atoms with van der Waals surface area (Å²) in [6.45, 7) is 4.51. The maximum Gasteiger partial charge on any atom is 0.222 e. The zero-order chi connectivity index (χ0) is 16.8. The zero-order valence-corrected chi connectivity index (χ0v) is 13.4. The van der Waals surface area contributed by atoms with Crippen molar-refractivity contribution in [1.82, 2.24) is 10.6 Å². The summed E-state index contributed by atoms with van der Waals surface area (Å²) in [7, 11) is 0. The molecule has 0 aliphatic heterocycles. The van der Waals surface area contributed by atoms with E-state index in [0.29, 0.717) is 19.6 Å². The van der Waals surface area contributed by atoms with Gasteiger partial charge >= 0.3 is 0 Å². The lowest BCUT2D eigenvalue weighted by molar-refractivity contribution is -0.128. The van der Waals surface area contributed by atoms with E-state index >= 15 is 0 Å². The van der Waals surface area contributed by atoms with Gasteiger partial charge in [0.1, 0.15) is 0 Å². The van der Waals surface area contributed by atoms with Crippen LogP contribution in [-0.4, -0.2) is 49.7 Å². The Morgan fingerprint density at radius 1 is 0.773 bits per heavy atom. The summed E-state index contributed by atoms with van der Waals surface area (Å²) >= 11 is 0.